The van der Waals surface area contributed by atoms with Gasteiger partial charge in [0.1, 0.15) is 0 Å². The Labute approximate surface area is 127 Å². The lowest BCUT2D eigenvalue weighted by atomic mass is 10.1. The number of aryl methyl sites for hydroxylation is 1. The number of hydrogen-bond donors (Lipinski definition) is 2. The summed E-state index contributed by atoms with van der Waals surface area (Å²) in [7, 11) is -1.66. The molecule has 1 heterocycles. The Balaban J connectivity index is 2.29. The van der Waals surface area contributed by atoms with E-state index >= 15 is 0 Å². The van der Waals surface area contributed by atoms with Crippen molar-refractivity contribution < 1.29 is 13.2 Å². The maximum absolute atomic E-state index is 12.6. The van der Waals surface area contributed by atoms with Gasteiger partial charge in [-0.25, -0.2) is 13.1 Å². The Morgan fingerprint density at radius 1 is 1.33 bits per heavy atom. The Morgan fingerprint density at radius 3 is 2.71 bits per heavy atom. The van der Waals surface area contributed by atoms with Crippen LogP contribution in [0.3, 0.4) is 0 Å². The largest absolute Gasteiger partial charge is 0.380 e. The highest BCUT2D eigenvalue weighted by Gasteiger charge is 2.24. The second-order valence-electron chi connectivity index (χ2n) is 5.60. The smallest absolute Gasteiger partial charge is 0.241 e. The van der Waals surface area contributed by atoms with E-state index in [-0.39, 0.29) is 6.04 Å². The zero-order chi connectivity index (χ0) is 15.5. The minimum atomic E-state index is -3.51. The fourth-order valence-electron chi connectivity index (χ4n) is 2.60. The molecule has 1 aromatic carbocycles. The Bertz CT molecular complexity index is 593. The lowest BCUT2D eigenvalue weighted by Gasteiger charge is -2.23. The molecule has 1 saturated heterocycles. The average molecular weight is 312 g/mol. The molecule has 2 rings (SSSR count). The van der Waals surface area contributed by atoms with Crippen LogP contribution < -0.4 is 10.0 Å². The molecule has 21 heavy (non-hydrogen) atoms. The summed E-state index contributed by atoms with van der Waals surface area (Å²) in [5.41, 5.74) is 2.77. The third-order valence-electron chi connectivity index (χ3n) is 3.83. The summed E-state index contributed by atoms with van der Waals surface area (Å²) in [5.74, 6) is 0. The topological polar surface area (TPSA) is 67.4 Å². The highest BCUT2D eigenvalue weighted by Crippen LogP contribution is 2.22. The minimum absolute atomic E-state index is 0.128. The maximum atomic E-state index is 12.6. The van der Waals surface area contributed by atoms with Crippen molar-refractivity contribution in [2.75, 3.05) is 20.3 Å². The molecule has 0 aliphatic carbocycles. The van der Waals surface area contributed by atoms with E-state index in [1.807, 2.05) is 27.0 Å². The molecule has 1 aliphatic heterocycles. The Kier molecular flexibility index (Phi) is 5.37. The zero-order valence-corrected chi connectivity index (χ0v) is 13.7. The molecule has 5 nitrogen and oxygen atoms in total. The second-order valence-corrected chi connectivity index (χ2v) is 7.28. The number of nitrogens with one attached hydrogen (secondary N) is 2. The molecule has 1 fully saturated rings. The van der Waals surface area contributed by atoms with Crippen LogP contribution in [0.5, 0.6) is 0 Å². The van der Waals surface area contributed by atoms with Gasteiger partial charge in [0.05, 0.1) is 11.5 Å². The third-order valence-corrected chi connectivity index (χ3v) is 5.48. The maximum Gasteiger partial charge on any atom is 0.241 e. The number of rotatable bonds is 5. The summed E-state index contributed by atoms with van der Waals surface area (Å²) in [5, 5.41) is 3.06. The first-order chi connectivity index (χ1) is 9.94. The molecule has 0 bridgehead atoms. The van der Waals surface area contributed by atoms with Crippen LogP contribution in [0.2, 0.25) is 0 Å². The SMILES string of the molecule is CNCc1cc(C)c(C)c(S(=O)(=O)NC2CCCOC2)c1. The first kappa shape index (κ1) is 16.4. The Hall–Kier alpha value is -0.950. The highest BCUT2D eigenvalue weighted by atomic mass is 32.2. The molecule has 0 saturated carbocycles. The van der Waals surface area contributed by atoms with Crippen molar-refractivity contribution in [3.05, 3.63) is 28.8 Å². The predicted molar refractivity (Wildman–Crippen MR) is 82.8 cm³/mol. The van der Waals surface area contributed by atoms with Gasteiger partial charge in [-0.1, -0.05) is 6.07 Å². The first-order valence-electron chi connectivity index (χ1n) is 7.29. The van der Waals surface area contributed by atoms with E-state index in [0.717, 1.165) is 29.5 Å². The van der Waals surface area contributed by atoms with E-state index in [4.69, 9.17) is 4.74 Å². The van der Waals surface area contributed by atoms with E-state index in [2.05, 4.69) is 10.0 Å². The van der Waals surface area contributed by atoms with Crippen LogP contribution in [0.4, 0.5) is 0 Å². The van der Waals surface area contributed by atoms with Crippen LogP contribution in [0.25, 0.3) is 0 Å². The quantitative estimate of drug-likeness (QED) is 0.864. The number of benzene rings is 1. The molecule has 0 amide bonds. The van der Waals surface area contributed by atoms with Gasteiger partial charge in [-0.15, -0.1) is 0 Å². The van der Waals surface area contributed by atoms with Crippen molar-refractivity contribution in [2.45, 2.75) is 44.2 Å². The molecule has 0 aromatic heterocycles. The van der Waals surface area contributed by atoms with Gasteiger partial charge in [0, 0.05) is 19.2 Å². The lowest BCUT2D eigenvalue weighted by molar-refractivity contribution is 0.0774. The summed E-state index contributed by atoms with van der Waals surface area (Å²) >= 11 is 0. The third kappa shape index (κ3) is 4.03. The molecule has 1 unspecified atom stereocenters. The van der Waals surface area contributed by atoms with Gasteiger partial charge in [0.15, 0.2) is 0 Å². The standard InChI is InChI=1S/C15H24N2O3S/c1-11-7-13(9-16-3)8-15(12(11)2)21(18,19)17-14-5-4-6-20-10-14/h7-8,14,16-17H,4-6,9-10H2,1-3H3. The van der Waals surface area contributed by atoms with E-state index in [1.54, 1.807) is 6.07 Å². The summed E-state index contributed by atoms with van der Waals surface area (Å²) in [6.45, 7) is 5.61. The predicted octanol–water partition coefficient (Wildman–Crippen LogP) is 1.48. The van der Waals surface area contributed by atoms with Crippen molar-refractivity contribution >= 4 is 10.0 Å². The van der Waals surface area contributed by atoms with Crippen LogP contribution in [-0.4, -0.2) is 34.7 Å². The van der Waals surface area contributed by atoms with Gasteiger partial charge < -0.3 is 10.1 Å². The summed E-state index contributed by atoms with van der Waals surface area (Å²) in [6.07, 6.45) is 1.72. The van der Waals surface area contributed by atoms with Gasteiger partial charge in [-0.3, -0.25) is 0 Å². The van der Waals surface area contributed by atoms with Crippen LogP contribution in [0.15, 0.2) is 17.0 Å². The molecule has 118 valence electrons. The first-order valence-corrected chi connectivity index (χ1v) is 8.77. The van der Waals surface area contributed by atoms with Gasteiger partial charge in [-0.2, -0.15) is 0 Å². The van der Waals surface area contributed by atoms with Crippen LogP contribution in [-0.2, 0) is 21.3 Å². The number of hydrogen-bond acceptors (Lipinski definition) is 4. The van der Waals surface area contributed by atoms with Crippen molar-refractivity contribution in [3.63, 3.8) is 0 Å². The van der Waals surface area contributed by atoms with Gasteiger partial charge in [-0.05, 0) is 56.5 Å². The van der Waals surface area contributed by atoms with Crippen molar-refractivity contribution in [3.8, 4) is 0 Å². The molecule has 1 aromatic rings. The van der Waals surface area contributed by atoms with Gasteiger partial charge >= 0.3 is 0 Å². The molecular formula is C15H24N2O3S. The second kappa shape index (κ2) is 6.87. The van der Waals surface area contributed by atoms with Gasteiger partial charge in [0.25, 0.3) is 0 Å². The van der Waals surface area contributed by atoms with Crippen molar-refractivity contribution in [1.29, 1.82) is 0 Å². The molecule has 0 radical (unpaired) electrons. The summed E-state index contributed by atoms with van der Waals surface area (Å²) in [4.78, 5) is 0.373. The van der Waals surface area contributed by atoms with Crippen LogP contribution >= 0.6 is 0 Å². The summed E-state index contributed by atoms with van der Waals surface area (Å²) in [6, 6.07) is 3.65. The molecule has 2 N–H and O–H groups in total. The summed E-state index contributed by atoms with van der Waals surface area (Å²) < 4.78 is 33.4. The highest BCUT2D eigenvalue weighted by molar-refractivity contribution is 7.89. The molecule has 1 atom stereocenters. The minimum Gasteiger partial charge on any atom is -0.380 e. The monoisotopic (exact) mass is 312 g/mol. The fraction of sp³-hybridized carbons (Fsp3) is 0.600. The molecule has 1 aliphatic rings. The van der Waals surface area contributed by atoms with Crippen molar-refractivity contribution in [2.24, 2.45) is 0 Å². The number of sulfonamides is 1. The van der Waals surface area contributed by atoms with E-state index in [9.17, 15) is 8.42 Å². The van der Waals surface area contributed by atoms with Crippen LogP contribution in [0.1, 0.15) is 29.5 Å². The normalized spacial score (nSPS) is 19.7. The van der Waals surface area contributed by atoms with Crippen molar-refractivity contribution in [1.82, 2.24) is 10.0 Å². The molecule has 6 heteroatoms. The average Bonchev–Trinajstić information content (AvgIpc) is 2.43. The zero-order valence-electron chi connectivity index (χ0n) is 12.9. The van der Waals surface area contributed by atoms with E-state index < -0.39 is 10.0 Å². The van der Waals surface area contributed by atoms with Gasteiger partial charge in [0.2, 0.25) is 10.0 Å². The fourth-order valence-corrected chi connectivity index (χ4v) is 4.22. The van der Waals surface area contributed by atoms with Crippen LogP contribution in [0, 0.1) is 13.8 Å². The van der Waals surface area contributed by atoms with E-state index in [1.165, 1.54) is 0 Å². The van der Waals surface area contributed by atoms with E-state index in [0.29, 0.717) is 24.7 Å². The number of ether oxygens (including phenoxy) is 1. The molecule has 0 spiro atoms. The lowest BCUT2D eigenvalue weighted by Crippen LogP contribution is -2.40. The Morgan fingerprint density at radius 2 is 2.10 bits per heavy atom. The molecular weight excluding hydrogens is 288 g/mol.